The second-order valence-corrected chi connectivity index (χ2v) is 8.60. The summed E-state index contributed by atoms with van der Waals surface area (Å²) in [6, 6.07) is 15.3. The van der Waals surface area contributed by atoms with E-state index in [2.05, 4.69) is 10.3 Å². The summed E-state index contributed by atoms with van der Waals surface area (Å²) < 4.78 is 41.6. The predicted molar refractivity (Wildman–Crippen MR) is 99.7 cm³/mol. The van der Waals surface area contributed by atoms with Gasteiger partial charge in [0.2, 0.25) is 10.0 Å². The average Bonchev–Trinajstić information content (AvgIpc) is 3.34. The minimum Gasteiger partial charge on any atom is -0.247 e. The summed E-state index contributed by atoms with van der Waals surface area (Å²) in [5.41, 5.74) is 2.32. The monoisotopic (exact) mass is 386 g/mol. The first-order valence-corrected chi connectivity index (χ1v) is 10.3. The highest BCUT2D eigenvalue weighted by Crippen LogP contribution is 2.26. The first kappa shape index (κ1) is 17.8. The Bertz CT molecular complexity index is 1020. The molecule has 2 aromatic carbocycles. The summed E-state index contributed by atoms with van der Waals surface area (Å²) in [7, 11) is -3.46. The molecule has 0 bridgehead atoms. The highest BCUT2D eigenvalue weighted by Gasteiger charge is 2.33. The van der Waals surface area contributed by atoms with Crippen LogP contribution in [0.1, 0.15) is 18.0 Å². The van der Waals surface area contributed by atoms with Crippen LogP contribution >= 0.6 is 0 Å². The van der Waals surface area contributed by atoms with Gasteiger partial charge in [0.05, 0.1) is 18.0 Å². The highest BCUT2D eigenvalue weighted by atomic mass is 32.2. The molecule has 3 aromatic rings. The number of benzene rings is 2. The summed E-state index contributed by atoms with van der Waals surface area (Å²) in [5, 5.41) is 8.39. The van der Waals surface area contributed by atoms with Gasteiger partial charge in [0.15, 0.2) is 0 Å². The number of hydrogen-bond acceptors (Lipinski definition) is 4. The fourth-order valence-corrected chi connectivity index (χ4v) is 4.84. The van der Waals surface area contributed by atoms with Crippen molar-refractivity contribution in [3.8, 4) is 11.3 Å². The van der Waals surface area contributed by atoms with E-state index in [0.717, 1.165) is 11.3 Å². The van der Waals surface area contributed by atoms with Crippen LogP contribution in [-0.4, -0.2) is 40.8 Å². The minimum absolute atomic E-state index is 0.0436. The number of hydrogen-bond donors (Lipinski definition) is 0. The fraction of sp³-hybridized carbons (Fsp3) is 0.263. The minimum atomic E-state index is -3.46. The second-order valence-electron chi connectivity index (χ2n) is 6.63. The summed E-state index contributed by atoms with van der Waals surface area (Å²) in [5.74, 6) is -0.509. The van der Waals surface area contributed by atoms with E-state index in [9.17, 15) is 12.8 Å². The molecule has 0 aliphatic carbocycles. The van der Waals surface area contributed by atoms with Gasteiger partial charge in [0.25, 0.3) is 0 Å². The molecule has 27 heavy (non-hydrogen) atoms. The van der Waals surface area contributed by atoms with E-state index in [0.29, 0.717) is 25.1 Å². The lowest BCUT2D eigenvalue weighted by molar-refractivity contribution is 0.428. The highest BCUT2D eigenvalue weighted by molar-refractivity contribution is 7.88. The van der Waals surface area contributed by atoms with Crippen LogP contribution in [0.5, 0.6) is 0 Å². The van der Waals surface area contributed by atoms with E-state index in [-0.39, 0.29) is 17.6 Å². The Balaban J connectivity index is 1.45. The lowest BCUT2D eigenvalue weighted by Crippen LogP contribution is -2.30. The van der Waals surface area contributed by atoms with Gasteiger partial charge >= 0.3 is 0 Å². The Morgan fingerprint density at radius 2 is 1.81 bits per heavy atom. The molecule has 0 radical (unpaired) electrons. The van der Waals surface area contributed by atoms with Crippen molar-refractivity contribution in [2.75, 3.05) is 13.1 Å². The summed E-state index contributed by atoms with van der Waals surface area (Å²) in [6.07, 6.45) is 2.54. The summed E-state index contributed by atoms with van der Waals surface area (Å²) in [6.45, 7) is 0.801. The maximum absolute atomic E-state index is 13.0. The Morgan fingerprint density at radius 1 is 1.07 bits per heavy atom. The zero-order valence-electron chi connectivity index (χ0n) is 14.6. The molecule has 140 valence electrons. The van der Waals surface area contributed by atoms with E-state index in [1.807, 2.05) is 36.5 Å². The molecule has 0 spiro atoms. The molecule has 6 nitrogen and oxygen atoms in total. The van der Waals surface area contributed by atoms with Gasteiger partial charge < -0.3 is 0 Å². The third kappa shape index (κ3) is 3.91. The number of nitrogens with zero attached hydrogens (tertiary/aromatic N) is 4. The molecule has 8 heteroatoms. The molecule has 1 unspecified atom stereocenters. The van der Waals surface area contributed by atoms with Gasteiger partial charge in [0.1, 0.15) is 11.5 Å². The number of rotatable bonds is 5. The van der Waals surface area contributed by atoms with E-state index in [1.165, 1.54) is 28.6 Å². The normalized spacial score (nSPS) is 18.0. The van der Waals surface area contributed by atoms with Crippen LogP contribution in [0, 0.1) is 5.82 Å². The zero-order valence-corrected chi connectivity index (χ0v) is 15.4. The largest absolute Gasteiger partial charge is 0.247 e. The van der Waals surface area contributed by atoms with Gasteiger partial charge in [-0.2, -0.15) is 4.31 Å². The lowest BCUT2D eigenvalue weighted by Gasteiger charge is -2.16. The molecule has 1 fully saturated rings. The summed E-state index contributed by atoms with van der Waals surface area (Å²) >= 11 is 0. The Kier molecular flexibility index (Phi) is 4.75. The van der Waals surface area contributed by atoms with E-state index in [1.54, 1.807) is 4.68 Å². The molecular formula is C19H19FN4O2S. The van der Waals surface area contributed by atoms with Crippen LogP contribution < -0.4 is 0 Å². The molecular weight excluding hydrogens is 367 g/mol. The first-order chi connectivity index (χ1) is 13.0. The lowest BCUT2D eigenvalue weighted by atomic mass is 10.2. The maximum atomic E-state index is 13.0. The second kappa shape index (κ2) is 7.21. The van der Waals surface area contributed by atoms with E-state index in [4.69, 9.17) is 0 Å². The van der Waals surface area contributed by atoms with Crippen molar-refractivity contribution in [3.05, 3.63) is 72.2 Å². The van der Waals surface area contributed by atoms with E-state index < -0.39 is 10.0 Å². The average molecular weight is 386 g/mol. The van der Waals surface area contributed by atoms with Crippen molar-refractivity contribution in [2.45, 2.75) is 18.2 Å². The van der Waals surface area contributed by atoms with Crippen molar-refractivity contribution in [2.24, 2.45) is 0 Å². The molecule has 0 saturated carbocycles. The standard InChI is InChI=1S/C19H19FN4O2S/c20-17-8-6-15(7-9-17)14-27(25,26)23-11-10-18(12-23)24-13-19(21-22-24)16-4-2-1-3-5-16/h1-9,13,18H,10-12,14H2. The van der Waals surface area contributed by atoms with Gasteiger partial charge in [-0.25, -0.2) is 17.5 Å². The smallest absolute Gasteiger partial charge is 0.218 e. The van der Waals surface area contributed by atoms with Crippen molar-refractivity contribution in [3.63, 3.8) is 0 Å². The van der Waals surface area contributed by atoms with Gasteiger partial charge in [-0.3, -0.25) is 0 Å². The molecule has 2 heterocycles. The van der Waals surface area contributed by atoms with Crippen molar-refractivity contribution in [1.82, 2.24) is 19.3 Å². The topological polar surface area (TPSA) is 68.1 Å². The quantitative estimate of drug-likeness (QED) is 0.676. The SMILES string of the molecule is O=S(=O)(Cc1ccc(F)cc1)N1CCC(n2cc(-c3ccccc3)nn2)C1. The van der Waals surface area contributed by atoms with Gasteiger partial charge in [-0.05, 0) is 24.1 Å². The van der Waals surface area contributed by atoms with Crippen LogP contribution in [-0.2, 0) is 15.8 Å². The van der Waals surface area contributed by atoms with Crippen molar-refractivity contribution in [1.29, 1.82) is 0 Å². The van der Waals surface area contributed by atoms with Crippen LogP contribution in [0.25, 0.3) is 11.3 Å². The van der Waals surface area contributed by atoms with Crippen LogP contribution in [0.15, 0.2) is 60.8 Å². The molecule has 1 aromatic heterocycles. The molecule has 1 aliphatic heterocycles. The van der Waals surface area contributed by atoms with Crippen LogP contribution in [0.2, 0.25) is 0 Å². The van der Waals surface area contributed by atoms with Gasteiger partial charge in [-0.1, -0.05) is 47.7 Å². The molecule has 0 N–H and O–H groups in total. The Hall–Kier alpha value is -2.58. The fourth-order valence-electron chi connectivity index (χ4n) is 3.26. The third-order valence-corrected chi connectivity index (χ3v) is 6.55. The predicted octanol–water partition coefficient (Wildman–Crippen LogP) is 2.86. The zero-order chi connectivity index (χ0) is 18.9. The molecule has 1 saturated heterocycles. The summed E-state index contributed by atoms with van der Waals surface area (Å²) in [4.78, 5) is 0. The first-order valence-electron chi connectivity index (χ1n) is 8.71. The Morgan fingerprint density at radius 3 is 2.56 bits per heavy atom. The van der Waals surface area contributed by atoms with E-state index >= 15 is 0 Å². The number of aromatic nitrogens is 3. The number of halogens is 1. The van der Waals surface area contributed by atoms with Gasteiger partial charge in [-0.15, -0.1) is 5.10 Å². The molecule has 1 aliphatic rings. The van der Waals surface area contributed by atoms with Crippen LogP contribution in [0.3, 0.4) is 0 Å². The number of sulfonamides is 1. The maximum Gasteiger partial charge on any atom is 0.218 e. The third-order valence-electron chi connectivity index (χ3n) is 4.74. The van der Waals surface area contributed by atoms with Gasteiger partial charge in [0, 0.05) is 18.7 Å². The Labute approximate surface area is 157 Å². The molecule has 4 rings (SSSR count). The molecule has 1 atom stereocenters. The van der Waals surface area contributed by atoms with Crippen molar-refractivity contribution < 1.29 is 12.8 Å². The van der Waals surface area contributed by atoms with Crippen LogP contribution in [0.4, 0.5) is 4.39 Å². The van der Waals surface area contributed by atoms with Crippen molar-refractivity contribution >= 4 is 10.0 Å². The molecule has 0 amide bonds.